The summed E-state index contributed by atoms with van der Waals surface area (Å²) in [6.07, 6.45) is 4.94. The predicted octanol–water partition coefficient (Wildman–Crippen LogP) is 3.03. The van der Waals surface area contributed by atoms with E-state index in [9.17, 15) is 4.79 Å². The molecule has 2 rings (SSSR count). The fraction of sp³-hybridized carbons (Fsp3) is 0.588. The van der Waals surface area contributed by atoms with E-state index in [0.29, 0.717) is 17.9 Å². The number of aryl methyl sites for hydroxylation is 1. The topological polar surface area (TPSA) is 58.4 Å². The van der Waals surface area contributed by atoms with Crippen LogP contribution in [0, 0.1) is 12.8 Å². The molecule has 1 amide bonds. The van der Waals surface area contributed by atoms with E-state index in [0.717, 1.165) is 24.6 Å². The summed E-state index contributed by atoms with van der Waals surface area (Å²) in [5.41, 5.74) is 8.38. The average molecular weight is 289 g/mol. The standard InChI is InChI=1S/C17H27N3O/c1-3-14-5-4-9-20(10-8-14)12-17(21)19-16-7-6-13(2)11-15(16)18/h6-7,11,14H,3-5,8-10,12,18H2,1-2H3,(H,19,21). The lowest BCUT2D eigenvalue weighted by Crippen LogP contribution is -2.34. The first-order chi connectivity index (χ1) is 10.1. The van der Waals surface area contributed by atoms with Crippen LogP contribution in [-0.4, -0.2) is 30.4 Å². The average Bonchev–Trinajstić information content (AvgIpc) is 2.67. The summed E-state index contributed by atoms with van der Waals surface area (Å²) in [7, 11) is 0. The molecule has 1 heterocycles. The number of benzene rings is 1. The van der Waals surface area contributed by atoms with Gasteiger partial charge in [-0.05, 0) is 62.9 Å². The molecule has 1 aromatic carbocycles. The van der Waals surface area contributed by atoms with Gasteiger partial charge in [-0.15, -0.1) is 0 Å². The van der Waals surface area contributed by atoms with Gasteiger partial charge in [-0.25, -0.2) is 0 Å². The minimum absolute atomic E-state index is 0.0282. The largest absolute Gasteiger partial charge is 0.397 e. The van der Waals surface area contributed by atoms with Crippen LogP contribution in [0.15, 0.2) is 18.2 Å². The molecule has 0 aromatic heterocycles. The molecule has 3 N–H and O–H groups in total. The Morgan fingerprint density at radius 1 is 1.38 bits per heavy atom. The normalized spacial score (nSPS) is 20.0. The molecule has 1 unspecified atom stereocenters. The first-order valence-electron chi connectivity index (χ1n) is 7.96. The van der Waals surface area contributed by atoms with Gasteiger partial charge in [0.2, 0.25) is 5.91 Å². The predicted molar refractivity (Wildman–Crippen MR) is 88.3 cm³/mol. The molecule has 4 nitrogen and oxygen atoms in total. The van der Waals surface area contributed by atoms with Gasteiger partial charge in [-0.1, -0.05) is 19.4 Å². The first kappa shape index (κ1) is 15.8. The van der Waals surface area contributed by atoms with Gasteiger partial charge in [0.1, 0.15) is 0 Å². The van der Waals surface area contributed by atoms with Gasteiger partial charge in [0, 0.05) is 0 Å². The highest BCUT2D eigenvalue weighted by atomic mass is 16.2. The summed E-state index contributed by atoms with van der Waals surface area (Å²) in [6, 6.07) is 5.72. The number of amides is 1. The lowest BCUT2D eigenvalue weighted by molar-refractivity contribution is -0.117. The summed E-state index contributed by atoms with van der Waals surface area (Å²) < 4.78 is 0. The number of nitrogens with two attached hydrogens (primary N) is 1. The Morgan fingerprint density at radius 2 is 2.19 bits per heavy atom. The van der Waals surface area contributed by atoms with Crippen LogP contribution in [0.3, 0.4) is 0 Å². The zero-order valence-electron chi connectivity index (χ0n) is 13.2. The van der Waals surface area contributed by atoms with Gasteiger partial charge in [0.25, 0.3) is 0 Å². The Morgan fingerprint density at radius 3 is 2.90 bits per heavy atom. The third-order valence-corrected chi connectivity index (χ3v) is 4.37. The van der Waals surface area contributed by atoms with Gasteiger partial charge in [-0.3, -0.25) is 9.69 Å². The minimum atomic E-state index is 0.0282. The number of carbonyl (C=O) groups excluding carboxylic acids is 1. The van der Waals surface area contributed by atoms with Crippen molar-refractivity contribution in [3.8, 4) is 0 Å². The number of rotatable bonds is 4. The lowest BCUT2D eigenvalue weighted by Gasteiger charge is -2.19. The fourth-order valence-corrected chi connectivity index (χ4v) is 2.98. The molecule has 1 aliphatic rings. The smallest absolute Gasteiger partial charge is 0.238 e. The number of carbonyl (C=O) groups is 1. The molecule has 1 saturated heterocycles. The van der Waals surface area contributed by atoms with Gasteiger partial charge < -0.3 is 11.1 Å². The van der Waals surface area contributed by atoms with E-state index in [-0.39, 0.29) is 5.91 Å². The molecule has 0 radical (unpaired) electrons. The van der Waals surface area contributed by atoms with Gasteiger partial charge in [-0.2, -0.15) is 0 Å². The molecule has 1 aromatic rings. The maximum Gasteiger partial charge on any atom is 0.238 e. The van der Waals surface area contributed by atoms with Crippen molar-refractivity contribution in [2.75, 3.05) is 30.7 Å². The SMILES string of the molecule is CCC1CCCN(CC(=O)Nc2ccc(C)cc2N)CC1. The molecule has 1 fully saturated rings. The minimum Gasteiger partial charge on any atom is -0.397 e. The van der Waals surface area contributed by atoms with Crippen molar-refractivity contribution in [1.82, 2.24) is 4.90 Å². The molecule has 0 aliphatic carbocycles. The molecule has 1 aliphatic heterocycles. The number of likely N-dealkylation sites (tertiary alicyclic amines) is 1. The van der Waals surface area contributed by atoms with Gasteiger partial charge >= 0.3 is 0 Å². The van der Waals surface area contributed by atoms with Crippen LogP contribution < -0.4 is 11.1 Å². The summed E-state index contributed by atoms with van der Waals surface area (Å²) >= 11 is 0. The van der Waals surface area contributed by atoms with Crippen LogP contribution in [0.25, 0.3) is 0 Å². The highest BCUT2D eigenvalue weighted by molar-refractivity contribution is 5.95. The molecule has 1 atom stereocenters. The summed E-state index contributed by atoms with van der Waals surface area (Å²) in [4.78, 5) is 14.4. The molecule has 0 spiro atoms. The molecular weight excluding hydrogens is 262 g/mol. The van der Waals surface area contributed by atoms with Crippen LogP contribution in [0.4, 0.5) is 11.4 Å². The van der Waals surface area contributed by atoms with Crippen molar-refractivity contribution in [2.24, 2.45) is 5.92 Å². The van der Waals surface area contributed by atoms with E-state index in [2.05, 4.69) is 17.1 Å². The number of nitrogens with one attached hydrogen (secondary N) is 1. The maximum absolute atomic E-state index is 12.2. The lowest BCUT2D eigenvalue weighted by atomic mass is 9.98. The Labute approximate surface area is 127 Å². The van der Waals surface area contributed by atoms with Crippen molar-refractivity contribution >= 4 is 17.3 Å². The summed E-state index contributed by atoms with van der Waals surface area (Å²) in [5.74, 6) is 0.853. The third-order valence-electron chi connectivity index (χ3n) is 4.37. The first-order valence-corrected chi connectivity index (χ1v) is 7.96. The van der Waals surface area contributed by atoms with Gasteiger partial charge in [0.15, 0.2) is 0 Å². The summed E-state index contributed by atoms with van der Waals surface area (Å²) in [6.45, 7) is 6.75. The van der Waals surface area contributed by atoms with E-state index in [1.807, 2.05) is 25.1 Å². The second-order valence-electron chi connectivity index (χ2n) is 6.12. The molecular formula is C17H27N3O. The molecule has 0 saturated carbocycles. The zero-order valence-corrected chi connectivity index (χ0v) is 13.2. The number of nitrogens with zero attached hydrogens (tertiary/aromatic N) is 1. The maximum atomic E-state index is 12.2. The van der Waals surface area contributed by atoms with Crippen molar-refractivity contribution in [1.29, 1.82) is 0 Å². The Balaban J connectivity index is 1.86. The second-order valence-corrected chi connectivity index (χ2v) is 6.12. The number of anilines is 2. The van der Waals surface area contributed by atoms with Crippen LogP contribution >= 0.6 is 0 Å². The fourth-order valence-electron chi connectivity index (χ4n) is 2.98. The quantitative estimate of drug-likeness (QED) is 0.838. The van der Waals surface area contributed by atoms with Gasteiger partial charge in [0.05, 0.1) is 17.9 Å². The molecule has 0 bridgehead atoms. The van der Waals surface area contributed by atoms with Crippen LogP contribution in [0.2, 0.25) is 0 Å². The Hall–Kier alpha value is -1.55. The second kappa shape index (κ2) is 7.46. The summed E-state index contributed by atoms with van der Waals surface area (Å²) in [5, 5.41) is 2.92. The number of hydrogen-bond donors (Lipinski definition) is 2. The van der Waals surface area contributed by atoms with Crippen LogP contribution in [0.1, 0.15) is 38.2 Å². The van der Waals surface area contributed by atoms with Crippen LogP contribution in [-0.2, 0) is 4.79 Å². The number of hydrogen-bond acceptors (Lipinski definition) is 3. The highest BCUT2D eigenvalue weighted by Crippen LogP contribution is 2.21. The number of nitrogen functional groups attached to an aromatic ring is 1. The van der Waals surface area contributed by atoms with Crippen molar-refractivity contribution in [3.05, 3.63) is 23.8 Å². The van der Waals surface area contributed by atoms with Crippen molar-refractivity contribution < 1.29 is 4.79 Å². The zero-order chi connectivity index (χ0) is 15.2. The highest BCUT2D eigenvalue weighted by Gasteiger charge is 2.18. The van der Waals surface area contributed by atoms with Crippen LogP contribution in [0.5, 0.6) is 0 Å². The van der Waals surface area contributed by atoms with E-state index >= 15 is 0 Å². The Bertz CT molecular complexity index is 487. The Kier molecular flexibility index (Phi) is 5.62. The van der Waals surface area contributed by atoms with Crippen molar-refractivity contribution in [2.45, 2.75) is 39.5 Å². The third kappa shape index (κ3) is 4.74. The van der Waals surface area contributed by atoms with E-state index in [1.165, 1.54) is 25.7 Å². The van der Waals surface area contributed by atoms with Crippen molar-refractivity contribution in [3.63, 3.8) is 0 Å². The molecule has 21 heavy (non-hydrogen) atoms. The molecule has 116 valence electrons. The van der Waals surface area contributed by atoms with E-state index < -0.39 is 0 Å². The van der Waals surface area contributed by atoms with E-state index in [1.54, 1.807) is 0 Å². The van der Waals surface area contributed by atoms with E-state index in [4.69, 9.17) is 5.73 Å². The monoisotopic (exact) mass is 289 g/mol. The molecule has 4 heteroatoms.